The van der Waals surface area contributed by atoms with E-state index in [0.29, 0.717) is 5.92 Å². The second kappa shape index (κ2) is 6.18. The van der Waals surface area contributed by atoms with Crippen LogP contribution in [0.1, 0.15) is 26.7 Å². The zero-order valence-electron chi connectivity index (χ0n) is 8.63. The smallest absolute Gasteiger partial charge is 0.123 e. The van der Waals surface area contributed by atoms with Gasteiger partial charge in [-0.05, 0) is 38.8 Å². The molecule has 1 aliphatic carbocycles. The molecule has 0 atom stereocenters. The molecule has 0 bridgehead atoms. The lowest BCUT2D eigenvalue weighted by molar-refractivity contribution is -0.115. The number of carbonyl (C=O) groups excluding carboxylic acids is 1. The highest BCUT2D eigenvalue weighted by molar-refractivity contribution is 5.54. The Labute approximate surface area is 75.7 Å². The van der Waals surface area contributed by atoms with E-state index >= 15 is 0 Å². The Bertz CT molecular complexity index is 117. The van der Waals surface area contributed by atoms with Crippen LogP contribution in [0.15, 0.2) is 0 Å². The molecule has 1 rings (SSSR count). The van der Waals surface area contributed by atoms with E-state index in [1.165, 1.54) is 0 Å². The number of hydrogen-bond donors (Lipinski definition) is 1. The van der Waals surface area contributed by atoms with Crippen LogP contribution in [0.5, 0.6) is 0 Å². The SMILES string of the molecule is CC(C)C1CC(C=O)C1.CNC. The van der Waals surface area contributed by atoms with Gasteiger partial charge < -0.3 is 10.1 Å². The Hall–Kier alpha value is -0.370. The van der Waals surface area contributed by atoms with Gasteiger partial charge in [-0.2, -0.15) is 0 Å². The number of hydrogen-bond acceptors (Lipinski definition) is 2. The van der Waals surface area contributed by atoms with E-state index in [1.807, 2.05) is 14.1 Å². The largest absolute Gasteiger partial charge is 0.323 e. The highest BCUT2D eigenvalue weighted by Gasteiger charge is 2.30. The molecule has 0 saturated heterocycles. The van der Waals surface area contributed by atoms with Crippen molar-refractivity contribution in [3.63, 3.8) is 0 Å². The van der Waals surface area contributed by atoms with E-state index in [0.717, 1.165) is 31.0 Å². The second-order valence-electron chi connectivity index (χ2n) is 3.87. The van der Waals surface area contributed by atoms with Crippen molar-refractivity contribution in [2.45, 2.75) is 26.7 Å². The molecule has 0 aromatic rings. The van der Waals surface area contributed by atoms with Crippen molar-refractivity contribution in [1.82, 2.24) is 5.32 Å². The monoisotopic (exact) mass is 171 g/mol. The lowest BCUT2D eigenvalue weighted by Crippen LogP contribution is -2.28. The fourth-order valence-electron chi connectivity index (χ4n) is 1.36. The molecule has 1 N–H and O–H groups in total. The van der Waals surface area contributed by atoms with Crippen molar-refractivity contribution in [3.05, 3.63) is 0 Å². The number of aldehydes is 1. The third kappa shape index (κ3) is 3.86. The van der Waals surface area contributed by atoms with Crippen LogP contribution in [0.2, 0.25) is 0 Å². The van der Waals surface area contributed by atoms with Crippen LogP contribution in [0.4, 0.5) is 0 Å². The number of carbonyl (C=O) groups is 1. The van der Waals surface area contributed by atoms with Crippen LogP contribution in [-0.4, -0.2) is 20.4 Å². The molecule has 0 spiro atoms. The van der Waals surface area contributed by atoms with Crippen molar-refractivity contribution >= 4 is 6.29 Å². The van der Waals surface area contributed by atoms with Crippen LogP contribution < -0.4 is 5.32 Å². The van der Waals surface area contributed by atoms with Gasteiger partial charge in [-0.15, -0.1) is 0 Å². The Morgan fingerprint density at radius 3 is 2.00 bits per heavy atom. The molecule has 2 nitrogen and oxygen atoms in total. The summed E-state index contributed by atoms with van der Waals surface area (Å²) in [6, 6.07) is 0. The van der Waals surface area contributed by atoms with Crippen molar-refractivity contribution in [3.8, 4) is 0 Å². The summed E-state index contributed by atoms with van der Waals surface area (Å²) in [4.78, 5) is 10.2. The molecule has 0 heterocycles. The summed E-state index contributed by atoms with van der Waals surface area (Å²) in [5.74, 6) is 2.01. The lowest BCUT2D eigenvalue weighted by atomic mass is 9.70. The van der Waals surface area contributed by atoms with Gasteiger partial charge in [0, 0.05) is 5.92 Å². The summed E-state index contributed by atoms with van der Waals surface area (Å²) in [5, 5.41) is 2.75. The first-order valence-corrected chi connectivity index (χ1v) is 4.69. The van der Waals surface area contributed by atoms with Crippen molar-refractivity contribution in [2.24, 2.45) is 17.8 Å². The Morgan fingerprint density at radius 1 is 1.33 bits per heavy atom. The zero-order valence-corrected chi connectivity index (χ0v) is 8.63. The summed E-state index contributed by atoms with van der Waals surface area (Å²) >= 11 is 0. The quantitative estimate of drug-likeness (QED) is 0.641. The van der Waals surface area contributed by atoms with Gasteiger partial charge in [0.05, 0.1) is 0 Å². The predicted molar refractivity (Wildman–Crippen MR) is 52.1 cm³/mol. The third-order valence-electron chi connectivity index (χ3n) is 2.35. The molecule has 2 heteroatoms. The molecule has 0 unspecified atom stereocenters. The van der Waals surface area contributed by atoms with E-state index in [2.05, 4.69) is 19.2 Å². The average molecular weight is 171 g/mol. The maximum absolute atomic E-state index is 10.2. The summed E-state index contributed by atoms with van der Waals surface area (Å²) < 4.78 is 0. The summed E-state index contributed by atoms with van der Waals surface area (Å²) in [6.07, 6.45) is 3.38. The fourth-order valence-corrected chi connectivity index (χ4v) is 1.36. The first-order valence-electron chi connectivity index (χ1n) is 4.69. The molecule has 72 valence electrons. The third-order valence-corrected chi connectivity index (χ3v) is 2.35. The molecule has 0 aliphatic heterocycles. The van der Waals surface area contributed by atoms with Crippen LogP contribution in [0.3, 0.4) is 0 Å². The lowest BCUT2D eigenvalue weighted by Gasteiger charge is -2.34. The first-order chi connectivity index (χ1) is 5.65. The van der Waals surface area contributed by atoms with Gasteiger partial charge in [0.25, 0.3) is 0 Å². The molecule has 1 fully saturated rings. The minimum Gasteiger partial charge on any atom is -0.323 e. The van der Waals surface area contributed by atoms with Crippen LogP contribution in [0.25, 0.3) is 0 Å². The first kappa shape index (κ1) is 11.6. The molecule has 0 radical (unpaired) electrons. The number of nitrogens with one attached hydrogen (secondary N) is 1. The van der Waals surface area contributed by atoms with Gasteiger partial charge in [-0.1, -0.05) is 13.8 Å². The molecule has 1 saturated carbocycles. The van der Waals surface area contributed by atoms with Crippen molar-refractivity contribution in [2.75, 3.05) is 14.1 Å². The normalized spacial score (nSPS) is 27.1. The van der Waals surface area contributed by atoms with E-state index < -0.39 is 0 Å². The molecule has 0 amide bonds. The summed E-state index contributed by atoms with van der Waals surface area (Å²) in [6.45, 7) is 4.46. The van der Waals surface area contributed by atoms with Crippen molar-refractivity contribution < 1.29 is 4.79 Å². The molecule has 1 aliphatic rings. The Morgan fingerprint density at radius 2 is 1.75 bits per heavy atom. The Balaban J connectivity index is 0.000000354. The Kier molecular flexibility index (Phi) is 5.99. The highest BCUT2D eigenvalue weighted by atomic mass is 16.1. The maximum atomic E-state index is 10.2. The maximum Gasteiger partial charge on any atom is 0.123 e. The molecule has 0 aromatic heterocycles. The standard InChI is InChI=1S/C8H14O.C2H7N/c1-6(2)8-3-7(4-8)5-9;1-3-2/h5-8H,3-4H2,1-2H3;3H,1-2H3. The van der Waals surface area contributed by atoms with E-state index in [9.17, 15) is 4.79 Å². The molecular weight excluding hydrogens is 150 g/mol. The molecule has 0 aromatic carbocycles. The van der Waals surface area contributed by atoms with Gasteiger partial charge in [-0.25, -0.2) is 0 Å². The van der Waals surface area contributed by atoms with Gasteiger partial charge in [0.1, 0.15) is 6.29 Å². The van der Waals surface area contributed by atoms with Crippen LogP contribution in [-0.2, 0) is 4.79 Å². The van der Waals surface area contributed by atoms with E-state index in [1.54, 1.807) is 0 Å². The van der Waals surface area contributed by atoms with Crippen LogP contribution >= 0.6 is 0 Å². The van der Waals surface area contributed by atoms with Crippen molar-refractivity contribution in [1.29, 1.82) is 0 Å². The molecular formula is C10H21NO. The van der Waals surface area contributed by atoms with Crippen LogP contribution in [0, 0.1) is 17.8 Å². The summed E-state index contributed by atoms with van der Waals surface area (Å²) in [7, 11) is 3.75. The van der Waals surface area contributed by atoms with Gasteiger partial charge in [0.2, 0.25) is 0 Å². The minimum atomic E-state index is 0.400. The molecule has 12 heavy (non-hydrogen) atoms. The second-order valence-corrected chi connectivity index (χ2v) is 3.87. The summed E-state index contributed by atoms with van der Waals surface area (Å²) in [5.41, 5.74) is 0. The van der Waals surface area contributed by atoms with Gasteiger partial charge >= 0.3 is 0 Å². The van der Waals surface area contributed by atoms with Gasteiger partial charge in [-0.3, -0.25) is 0 Å². The zero-order chi connectivity index (χ0) is 9.56. The predicted octanol–water partition coefficient (Wildman–Crippen LogP) is 1.70. The van der Waals surface area contributed by atoms with Gasteiger partial charge in [0.15, 0.2) is 0 Å². The topological polar surface area (TPSA) is 29.1 Å². The minimum absolute atomic E-state index is 0.400. The number of rotatable bonds is 2. The van der Waals surface area contributed by atoms with E-state index in [-0.39, 0.29) is 0 Å². The highest BCUT2D eigenvalue weighted by Crippen LogP contribution is 2.37. The fraction of sp³-hybridized carbons (Fsp3) is 0.900. The average Bonchev–Trinajstić information content (AvgIpc) is 1.85. The van der Waals surface area contributed by atoms with E-state index in [4.69, 9.17) is 0 Å².